The van der Waals surface area contributed by atoms with Gasteiger partial charge in [-0.15, -0.1) is 0 Å². The number of benzene rings is 2. The Bertz CT molecular complexity index is 1410. The second kappa shape index (κ2) is 9.38. The number of piperidine rings is 1. The van der Waals surface area contributed by atoms with E-state index in [1.165, 1.54) is 18.3 Å². The van der Waals surface area contributed by atoms with Gasteiger partial charge in [-0.05, 0) is 60.7 Å². The Kier molecular flexibility index (Phi) is 6.13. The van der Waals surface area contributed by atoms with Crippen LogP contribution in [-0.4, -0.2) is 40.5 Å². The summed E-state index contributed by atoms with van der Waals surface area (Å²) in [6.07, 6.45) is 7.15. The zero-order chi connectivity index (χ0) is 24.5. The summed E-state index contributed by atoms with van der Waals surface area (Å²) in [5.41, 5.74) is 11.6. The SMILES string of the molecule is Cc1cc(F)cc(-c2cnc3ccc(-c4cncc(F)c4C=NO)cc3c2N2CCC(N)CC2)c1. The maximum Gasteiger partial charge on any atom is 0.150 e. The summed E-state index contributed by atoms with van der Waals surface area (Å²) in [7, 11) is 0. The van der Waals surface area contributed by atoms with E-state index in [0.717, 1.165) is 71.6 Å². The molecule has 2 aromatic heterocycles. The Morgan fingerprint density at radius 2 is 1.83 bits per heavy atom. The van der Waals surface area contributed by atoms with E-state index in [1.54, 1.807) is 6.20 Å². The van der Waals surface area contributed by atoms with Crippen molar-refractivity contribution in [2.75, 3.05) is 18.0 Å². The lowest BCUT2D eigenvalue weighted by molar-refractivity contribution is 0.321. The molecule has 0 saturated carbocycles. The van der Waals surface area contributed by atoms with Crippen LogP contribution in [0.1, 0.15) is 24.0 Å². The number of pyridine rings is 2. The summed E-state index contributed by atoms with van der Waals surface area (Å²) in [5, 5.41) is 12.9. The minimum Gasteiger partial charge on any atom is -0.411 e. The van der Waals surface area contributed by atoms with Crippen LogP contribution in [0.5, 0.6) is 0 Å². The highest BCUT2D eigenvalue weighted by Gasteiger charge is 2.23. The fraction of sp³-hybridized carbons (Fsp3) is 0.222. The quantitative estimate of drug-likeness (QED) is 0.239. The van der Waals surface area contributed by atoms with E-state index >= 15 is 0 Å². The number of nitrogens with zero attached hydrogens (tertiary/aromatic N) is 4. The summed E-state index contributed by atoms with van der Waals surface area (Å²) in [4.78, 5) is 10.9. The van der Waals surface area contributed by atoms with E-state index in [4.69, 9.17) is 10.9 Å². The van der Waals surface area contributed by atoms with Gasteiger partial charge in [0, 0.05) is 53.6 Å². The second-order valence-corrected chi connectivity index (χ2v) is 8.92. The molecule has 8 heteroatoms. The molecule has 1 aliphatic rings. The van der Waals surface area contributed by atoms with Crippen molar-refractivity contribution >= 4 is 22.8 Å². The number of nitrogens with two attached hydrogens (primary N) is 1. The smallest absolute Gasteiger partial charge is 0.150 e. The molecule has 1 saturated heterocycles. The molecule has 0 aliphatic carbocycles. The monoisotopic (exact) mass is 473 g/mol. The first-order chi connectivity index (χ1) is 16.9. The normalized spacial score (nSPS) is 14.8. The topological polar surface area (TPSA) is 87.6 Å². The van der Waals surface area contributed by atoms with Gasteiger partial charge in [0.25, 0.3) is 0 Å². The Labute approximate surface area is 201 Å². The number of fused-ring (bicyclic) bond motifs is 1. The molecule has 0 atom stereocenters. The standard InChI is InChI=1S/C27H25F2N5O/c1-16-8-18(10-19(28)9-16)23-13-32-26-3-2-17(22-12-31-15-25(29)24(22)14-33-35)11-21(26)27(23)34-6-4-20(30)5-7-34/h2-3,8-15,20,35H,4-7,30H2,1H3. The third-order valence-electron chi connectivity index (χ3n) is 6.49. The number of halogens is 2. The molecule has 0 bridgehead atoms. The summed E-state index contributed by atoms with van der Waals surface area (Å²) in [6, 6.07) is 10.8. The number of aryl methyl sites for hydroxylation is 1. The van der Waals surface area contributed by atoms with Crippen molar-refractivity contribution in [1.82, 2.24) is 9.97 Å². The molecule has 1 aliphatic heterocycles. The van der Waals surface area contributed by atoms with Gasteiger partial charge in [0.15, 0.2) is 5.82 Å². The zero-order valence-corrected chi connectivity index (χ0v) is 19.2. The van der Waals surface area contributed by atoms with Gasteiger partial charge in [0.2, 0.25) is 0 Å². The molecule has 1 fully saturated rings. The van der Waals surface area contributed by atoms with Crippen molar-refractivity contribution < 1.29 is 14.0 Å². The molecule has 4 aromatic rings. The Morgan fingerprint density at radius 3 is 2.57 bits per heavy atom. The van der Waals surface area contributed by atoms with Crippen molar-refractivity contribution in [2.24, 2.45) is 10.9 Å². The van der Waals surface area contributed by atoms with Crippen molar-refractivity contribution in [3.8, 4) is 22.3 Å². The molecule has 0 amide bonds. The molecule has 6 nitrogen and oxygen atoms in total. The number of oxime groups is 1. The molecular formula is C27H25F2N5O. The highest BCUT2D eigenvalue weighted by atomic mass is 19.1. The van der Waals surface area contributed by atoms with Gasteiger partial charge in [0.1, 0.15) is 5.82 Å². The van der Waals surface area contributed by atoms with Crippen LogP contribution in [0.25, 0.3) is 33.2 Å². The van der Waals surface area contributed by atoms with Crippen LogP contribution < -0.4 is 10.6 Å². The van der Waals surface area contributed by atoms with Crippen LogP contribution in [0, 0.1) is 18.6 Å². The van der Waals surface area contributed by atoms with Gasteiger partial charge in [-0.3, -0.25) is 9.97 Å². The minimum absolute atomic E-state index is 0.136. The minimum atomic E-state index is -0.590. The number of hydrogen-bond donors (Lipinski definition) is 2. The van der Waals surface area contributed by atoms with E-state index in [1.807, 2.05) is 31.2 Å². The van der Waals surface area contributed by atoms with Gasteiger partial charge in [-0.1, -0.05) is 17.3 Å². The maximum absolute atomic E-state index is 14.5. The largest absolute Gasteiger partial charge is 0.411 e. The first-order valence-electron chi connectivity index (χ1n) is 11.5. The van der Waals surface area contributed by atoms with Crippen LogP contribution in [0.2, 0.25) is 0 Å². The Morgan fingerprint density at radius 1 is 1.03 bits per heavy atom. The molecular weight excluding hydrogens is 448 g/mol. The summed E-state index contributed by atoms with van der Waals surface area (Å²) >= 11 is 0. The van der Waals surface area contributed by atoms with Gasteiger partial charge in [0.05, 0.1) is 23.6 Å². The number of anilines is 1. The number of hydrogen-bond acceptors (Lipinski definition) is 6. The molecule has 0 radical (unpaired) electrons. The molecule has 5 rings (SSSR count). The lowest BCUT2D eigenvalue weighted by Crippen LogP contribution is -2.40. The first kappa shape index (κ1) is 22.9. The highest BCUT2D eigenvalue weighted by molar-refractivity contribution is 6.02. The van der Waals surface area contributed by atoms with Crippen LogP contribution >= 0.6 is 0 Å². The van der Waals surface area contributed by atoms with E-state index in [2.05, 4.69) is 20.0 Å². The number of aromatic nitrogens is 2. The molecule has 2 aromatic carbocycles. The highest BCUT2D eigenvalue weighted by Crippen LogP contribution is 2.40. The fourth-order valence-corrected chi connectivity index (χ4v) is 4.78. The molecule has 3 heterocycles. The third kappa shape index (κ3) is 4.44. The summed E-state index contributed by atoms with van der Waals surface area (Å²) in [5.74, 6) is -0.896. The van der Waals surface area contributed by atoms with Crippen molar-refractivity contribution in [1.29, 1.82) is 0 Å². The van der Waals surface area contributed by atoms with Crippen LogP contribution in [0.4, 0.5) is 14.5 Å². The summed E-state index contributed by atoms with van der Waals surface area (Å²) < 4.78 is 28.8. The van der Waals surface area contributed by atoms with E-state index in [-0.39, 0.29) is 17.4 Å². The van der Waals surface area contributed by atoms with Crippen LogP contribution in [0.15, 0.2) is 60.1 Å². The van der Waals surface area contributed by atoms with Crippen molar-refractivity contribution in [3.63, 3.8) is 0 Å². The third-order valence-corrected chi connectivity index (χ3v) is 6.49. The molecule has 3 N–H and O–H groups in total. The van der Waals surface area contributed by atoms with Crippen molar-refractivity contribution in [3.05, 3.63) is 77.8 Å². The van der Waals surface area contributed by atoms with Gasteiger partial charge in [-0.25, -0.2) is 8.78 Å². The number of rotatable bonds is 4. The lowest BCUT2D eigenvalue weighted by Gasteiger charge is -2.34. The molecule has 178 valence electrons. The Hall–Kier alpha value is -3.91. The van der Waals surface area contributed by atoms with Gasteiger partial charge >= 0.3 is 0 Å². The fourth-order valence-electron chi connectivity index (χ4n) is 4.78. The van der Waals surface area contributed by atoms with Crippen molar-refractivity contribution in [2.45, 2.75) is 25.8 Å². The van der Waals surface area contributed by atoms with Crippen LogP contribution in [-0.2, 0) is 0 Å². The van der Waals surface area contributed by atoms with Gasteiger partial charge < -0.3 is 15.8 Å². The predicted molar refractivity (Wildman–Crippen MR) is 134 cm³/mol. The van der Waals surface area contributed by atoms with Crippen LogP contribution in [0.3, 0.4) is 0 Å². The second-order valence-electron chi connectivity index (χ2n) is 8.92. The average molecular weight is 474 g/mol. The molecule has 35 heavy (non-hydrogen) atoms. The first-order valence-corrected chi connectivity index (χ1v) is 11.5. The van der Waals surface area contributed by atoms with Gasteiger partial charge in [-0.2, -0.15) is 0 Å². The molecule has 0 spiro atoms. The average Bonchev–Trinajstić information content (AvgIpc) is 2.84. The van der Waals surface area contributed by atoms with E-state index in [0.29, 0.717) is 11.1 Å². The maximum atomic E-state index is 14.5. The Balaban J connectivity index is 1.76. The predicted octanol–water partition coefficient (Wildman–Crippen LogP) is 5.29. The molecule has 0 unspecified atom stereocenters. The lowest BCUT2D eigenvalue weighted by atomic mass is 9.95. The van der Waals surface area contributed by atoms with E-state index < -0.39 is 5.82 Å². The summed E-state index contributed by atoms with van der Waals surface area (Å²) in [6.45, 7) is 3.38. The zero-order valence-electron chi connectivity index (χ0n) is 19.2. The van der Waals surface area contributed by atoms with E-state index in [9.17, 15) is 8.78 Å².